The summed E-state index contributed by atoms with van der Waals surface area (Å²) >= 11 is 5.81. The van der Waals surface area contributed by atoms with Crippen molar-refractivity contribution < 1.29 is 9.18 Å². The van der Waals surface area contributed by atoms with Crippen molar-refractivity contribution in [1.29, 1.82) is 0 Å². The van der Waals surface area contributed by atoms with Gasteiger partial charge in [0, 0.05) is 26.1 Å². The lowest BCUT2D eigenvalue weighted by Crippen LogP contribution is -2.47. The summed E-state index contributed by atoms with van der Waals surface area (Å²) in [5.74, 6) is 0.374. The number of nitrogens with one attached hydrogen (secondary N) is 1. The van der Waals surface area contributed by atoms with Crippen molar-refractivity contribution in [3.05, 3.63) is 34.6 Å². The Morgan fingerprint density at radius 2 is 2.28 bits per heavy atom. The summed E-state index contributed by atoms with van der Waals surface area (Å²) in [7, 11) is 0. The first-order valence-electron chi connectivity index (χ1n) is 8.25. The van der Waals surface area contributed by atoms with Crippen molar-refractivity contribution in [3.8, 4) is 0 Å². The molecule has 0 aliphatic carbocycles. The summed E-state index contributed by atoms with van der Waals surface area (Å²) in [5.41, 5.74) is 6.17. The predicted octanol–water partition coefficient (Wildman–Crippen LogP) is 3.15. The fraction of sp³-hybridized carbons (Fsp3) is 0.529. The van der Waals surface area contributed by atoms with Crippen LogP contribution in [0.2, 0.25) is 5.02 Å². The lowest BCUT2D eigenvalue weighted by atomic mass is 9.95. The van der Waals surface area contributed by atoms with E-state index in [9.17, 15) is 9.18 Å². The maximum atomic E-state index is 13.2. The number of primary amides is 1. The second kappa shape index (κ2) is 10.8. The van der Waals surface area contributed by atoms with Crippen LogP contribution in [0.4, 0.5) is 4.39 Å². The molecule has 1 amide bonds. The highest BCUT2D eigenvalue weighted by molar-refractivity contribution is 14.0. The molecule has 1 unspecified atom stereocenters. The molecular formula is C17H25ClFIN4O. The molecular weight excluding hydrogens is 458 g/mol. The maximum Gasteiger partial charge on any atom is 0.217 e. The third kappa shape index (κ3) is 6.97. The zero-order valence-corrected chi connectivity index (χ0v) is 17.4. The normalized spacial score (nSPS) is 17.8. The molecule has 1 aromatic rings. The molecule has 1 saturated heterocycles. The number of rotatable bonds is 5. The molecule has 0 aromatic heterocycles. The highest BCUT2D eigenvalue weighted by Crippen LogP contribution is 2.20. The first-order chi connectivity index (χ1) is 11.5. The van der Waals surface area contributed by atoms with Crippen molar-refractivity contribution in [1.82, 2.24) is 10.2 Å². The zero-order valence-electron chi connectivity index (χ0n) is 14.3. The van der Waals surface area contributed by atoms with Crippen molar-refractivity contribution in [2.75, 3.05) is 19.6 Å². The summed E-state index contributed by atoms with van der Waals surface area (Å²) < 4.78 is 13.2. The van der Waals surface area contributed by atoms with Gasteiger partial charge in [0.1, 0.15) is 5.82 Å². The van der Waals surface area contributed by atoms with Gasteiger partial charge in [0.2, 0.25) is 5.91 Å². The van der Waals surface area contributed by atoms with E-state index in [-0.39, 0.29) is 40.8 Å². The monoisotopic (exact) mass is 482 g/mol. The molecule has 8 heteroatoms. The summed E-state index contributed by atoms with van der Waals surface area (Å²) in [6, 6.07) is 4.63. The Morgan fingerprint density at radius 3 is 2.92 bits per heavy atom. The number of hydrogen-bond acceptors (Lipinski definition) is 2. The Kier molecular flexibility index (Phi) is 9.48. The standard InChI is InChI=1S/C17H24ClFN4O.HI/c1-2-21-17(22-10-12-5-6-15(19)14(18)8-12)23-7-3-4-13(11-23)9-16(20)24;/h5-6,8,13H,2-4,7,9-11H2,1H3,(H2,20,24)(H,21,22);1H. The number of likely N-dealkylation sites (tertiary alicyclic amines) is 1. The molecule has 1 fully saturated rings. The summed E-state index contributed by atoms with van der Waals surface area (Å²) in [5, 5.41) is 3.38. The highest BCUT2D eigenvalue weighted by Gasteiger charge is 2.23. The van der Waals surface area contributed by atoms with Crippen LogP contribution < -0.4 is 11.1 Å². The van der Waals surface area contributed by atoms with Crippen LogP contribution >= 0.6 is 35.6 Å². The maximum absolute atomic E-state index is 13.2. The average Bonchev–Trinajstić information content (AvgIpc) is 2.54. The number of carbonyl (C=O) groups is 1. The van der Waals surface area contributed by atoms with E-state index in [0.717, 1.165) is 44.0 Å². The minimum atomic E-state index is -0.429. The highest BCUT2D eigenvalue weighted by atomic mass is 127. The van der Waals surface area contributed by atoms with Crippen LogP contribution in [-0.2, 0) is 11.3 Å². The first kappa shape index (κ1) is 22.0. The van der Waals surface area contributed by atoms with Crippen LogP contribution in [0.1, 0.15) is 31.7 Å². The van der Waals surface area contributed by atoms with Gasteiger partial charge in [-0.2, -0.15) is 0 Å². The summed E-state index contributed by atoms with van der Waals surface area (Å²) in [6.07, 6.45) is 2.42. The van der Waals surface area contributed by atoms with E-state index in [1.54, 1.807) is 12.1 Å². The van der Waals surface area contributed by atoms with Crippen molar-refractivity contribution in [2.24, 2.45) is 16.6 Å². The van der Waals surface area contributed by atoms with Crippen LogP contribution in [0.3, 0.4) is 0 Å². The van der Waals surface area contributed by atoms with Crippen LogP contribution in [0.15, 0.2) is 23.2 Å². The predicted molar refractivity (Wildman–Crippen MR) is 110 cm³/mol. The third-order valence-corrected chi connectivity index (χ3v) is 4.33. The molecule has 0 spiro atoms. The molecule has 1 aromatic carbocycles. The number of benzene rings is 1. The van der Waals surface area contributed by atoms with Gasteiger partial charge in [-0.25, -0.2) is 9.38 Å². The Hall–Kier alpha value is -1.09. The van der Waals surface area contributed by atoms with E-state index in [0.29, 0.717) is 13.0 Å². The molecule has 3 N–H and O–H groups in total. The molecule has 25 heavy (non-hydrogen) atoms. The SMILES string of the molecule is CCNC(=NCc1ccc(F)c(Cl)c1)N1CCCC(CC(N)=O)C1.I. The minimum absolute atomic E-state index is 0. The average molecular weight is 483 g/mol. The van der Waals surface area contributed by atoms with Gasteiger partial charge in [-0.1, -0.05) is 17.7 Å². The lowest BCUT2D eigenvalue weighted by Gasteiger charge is -2.34. The zero-order chi connectivity index (χ0) is 17.5. The molecule has 1 aliphatic heterocycles. The van der Waals surface area contributed by atoms with Gasteiger partial charge >= 0.3 is 0 Å². The Labute approximate surface area is 170 Å². The van der Waals surface area contributed by atoms with Gasteiger partial charge in [0.15, 0.2) is 5.96 Å². The van der Waals surface area contributed by atoms with Crippen LogP contribution in [-0.4, -0.2) is 36.4 Å². The Bertz CT molecular complexity index is 614. The number of piperidine rings is 1. The molecule has 0 bridgehead atoms. The lowest BCUT2D eigenvalue weighted by molar-refractivity contribution is -0.119. The fourth-order valence-electron chi connectivity index (χ4n) is 2.94. The number of nitrogens with two attached hydrogens (primary N) is 1. The Morgan fingerprint density at radius 1 is 1.52 bits per heavy atom. The minimum Gasteiger partial charge on any atom is -0.370 e. The van der Waals surface area contributed by atoms with E-state index in [1.807, 2.05) is 6.92 Å². The van der Waals surface area contributed by atoms with E-state index in [4.69, 9.17) is 17.3 Å². The van der Waals surface area contributed by atoms with E-state index < -0.39 is 5.82 Å². The van der Waals surface area contributed by atoms with Gasteiger partial charge in [-0.3, -0.25) is 4.79 Å². The number of hydrogen-bond donors (Lipinski definition) is 2. The van der Waals surface area contributed by atoms with Gasteiger partial charge in [-0.15, -0.1) is 24.0 Å². The van der Waals surface area contributed by atoms with Gasteiger partial charge < -0.3 is 16.0 Å². The van der Waals surface area contributed by atoms with Crippen molar-refractivity contribution in [2.45, 2.75) is 32.7 Å². The number of guanidine groups is 1. The number of amides is 1. The topological polar surface area (TPSA) is 70.7 Å². The van der Waals surface area contributed by atoms with Gasteiger partial charge in [0.25, 0.3) is 0 Å². The Balaban J connectivity index is 0.00000312. The quantitative estimate of drug-likeness (QED) is 0.385. The molecule has 0 saturated carbocycles. The molecule has 1 atom stereocenters. The number of carbonyl (C=O) groups excluding carboxylic acids is 1. The van der Waals surface area contributed by atoms with Gasteiger partial charge in [-0.05, 0) is 43.4 Å². The van der Waals surface area contributed by atoms with Crippen LogP contribution in [0.25, 0.3) is 0 Å². The smallest absolute Gasteiger partial charge is 0.217 e. The first-order valence-corrected chi connectivity index (χ1v) is 8.63. The molecule has 0 radical (unpaired) electrons. The number of aliphatic imine (C=N–C) groups is 1. The van der Waals surface area contributed by atoms with Gasteiger partial charge in [0.05, 0.1) is 11.6 Å². The molecule has 1 heterocycles. The van der Waals surface area contributed by atoms with Crippen molar-refractivity contribution >= 4 is 47.4 Å². The molecule has 5 nitrogen and oxygen atoms in total. The number of halogens is 3. The molecule has 1 aliphatic rings. The fourth-order valence-corrected chi connectivity index (χ4v) is 3.14. The molecule has 2 rings (SSSR count). The second-order valence-electron chi connectivity index (χ2n) is 6.04. The number of nitrogens with zero attached hydrogens (tertiary/aromatic N) is 2. The van der Waals surface area contributed by atoms with Crippen molar-refractivity contribution in [3.63, 3.8) is 0 Å². The third-order valence-electron chi connectivity index (χ3n) is 4.04. The van der Waals surface area contributed by atoms with Crippen LogP contribution in [0.5, 0.6) is 0 Å². The largest absolute Gasteiger partial charge is 0.370 e. The van der Waals surface area contributed by atoms with Crippen LogP contribution in [0, 0.1) is 11.7 Å². The summed E-state index contributed by atoms with van der Waals surface area (Å²) in [4.78, 5) is 17.9. The van der Waals surface area contributed by atoms with E-state index in [1.165, 1.54) is 6.07 Å². The second-order valence-corrected chi connectivity index (χ2v) is 6.45. The van der Waals surface area contributed by atoms with E-state index >= 15 is 0 Å². The van der Waals surface area contributed by atoms with E-state index in [2.05, 4.69) is 15.2 Å². The summed E-state index contributed by atoms with van der Waals surface area (Å²) in [6.45, 7) is 4.83. The molecule has 140 valence electrons.